The highest BCUT2D eigenvalue weighted by Crippen LogP contribution is 2.28. The summed E-state index contributed by atoms with van der Waals surface area (Å²) in [4.78, 5) is 14.7. The zero-order chi connectivity index (χ0) is 21.9. The fraction of sp³-hybridized carbons (Fsp3) is 0.381. The second-order valence-electron chi connectivity index (χ2n) is 7.33. The van der Waals surface area contributed by atoms with E-state index in [1.807, 2.05) is 49.1 Å². The fourth-order valence-electron chi connectivity index (χ4n) is 3.47. The Bertz CT molecular complexity index is 994. The van der Waals surface area contributed by atoms with Gasteiger partial charge < -0.3 is 5.32 Å². The number of nitrogens with zero attached hydrogens (tertiary/aromatic N) is 2. The lowest BCUT2D eigenvalue weighted by molar-refractivity contribution is -0.127. The highest BCUT2D eigenvalue weighted by molar-refractivity contribution is 7.89. The number of benzene rings is 2. The smallest absolute Gasteiger partial charge is 0.244 e. The molecule has 9 heteroatoms. The second kappa shape index (κ2) is 9.66. The molecular weight excluding hydrogens is 445 g/mol. The maximum absolute atomic E-state index is 13.0. The van der Waals surface area contributed by atoms with Crippen LogP contribution in [0.4, 0.5) is 0 Å². The van der Waals surface area contributed by atoms with Crippen molar-refractivity contribution < 1.29 is 13.2 Å². The summed E-state index contributed by atoms with van der Waals surface area (Å²) in [5, 5.41) is 3.49. The Morgan fingerprint density at radius 3 is 2.27 bits per heavy atom. The number of hydrogen-bond donors (Lipinski definition) is 1. The summed E-state index contributed by atoms with van der Waals surface area (Å²) in [6.07, 6.45) is 0. The Kier molecular flexibility index (Phi) is 7.42. The third kappa shape index (κ3) is 5.15. The molecule has 2 unspecified atom stereocenters. The van der Waals surface area contributed by atoms with Gasteiger partial charge in [0.1, 0.15) is 4.90 Å². The number of rotatable bonds is 6. The van der Waals surface area contributed by atoms with Gasteiger partial charge in [0.2, 0.25) is 15.9 Å². The molecule has 0 bridgehead atoms. The maximum atomic E-state index is 13.0. The van der Waals surface area contributed by atoms with Crippen molar-refractivity contribution in [3.05, 3.63) is 64.1 Å². The summed E-state index contributed by atoms with van der Waals surface area (Å²) in [7, 11) is -3.75. The van der Waals surface area contributed by atoms with Crippen LogP contribution >= 0.6 is 23.2 Å². The van der Waals surface area contributed by atoms with Crippen LogP contribution < -0.4 is 5.32 Å². The zero-order valence-corrected chi connectivity index (χ0v) is 19.2. The molecule has 1 saturated heterocycles. The molecule has 162 valence electrons. The average molecular weight is 470 g/mol. The van der Waals surface area contributed by atoms with Crippen LogP contribution in [0.2, 0.25) is 10.0 Å². The molecule has 6 nitrogen and oxygen atoms in total. The standard InChI is InChI=1S/C21H25Cl2N3O3S/c1-15(17-6-4-3-5-7-17)24-21(27)16(2)25-10-12-26(13-11-25)30(28,29)20-14-18(22)8-9-19(20)23/h3-9,14-16H,10-13H2,1-2H3,(H,24,27). The van der Waals surface area contributed by atoms with Crippen molar-refractivity contribution in [2.45, 2.75) is 30.8 Å². The fourth-order valence-corrected chi connectivity index (χ4v) is 5.63. The Balaban J connectivity index is 1.60. The predicted octanol–water partition coefficient (Wildman–Crippen LogP) is 3.57. The molecule has 0 saturated carbocycles. The number of sulfonamides is 1. The van der Waals surface area contributed by atoms with Crippen LogP contribution in [0, 0.1) is 0 Å². The molecule has 3 rings (SSSR count). The van der Waals surface area contributed by atoms with Crippen molar-refractivity contribution in [3.63, 3.8) is 0 Å². The van der Waals surface area contributed by atoms with Gasteiger partial charge in [-0.15, -0.1) is 0 Å². The van der Waals surface area contributed by atoms with E-state index in [-0.39, 0.29) is 41.0 Å². The number of amides is 1. The third-order valence-electron chi connectivity index (χ3n) is 5.37. The number of piperazine rings is 1. The molecule has 1 N–H and O–H groups in total. The Morgan fingerprint density at radius 2 is 1.63 bits per heavy atom. The van der Waals surface area contributed by atoms with Crippen LogP contribution in [0.3, 0.4) is 0 Å². The quantitative estimate of drug-likeness (QED) is 0.701. The molecule has 0 spiro atoms. The third-order valence-corrected chi connectivity index (χ3v) is 7.99. The molecule has 2 atom stereocenters. The maximum Gasteiger partial charge on any atom is 0.244 e. The number of carbonyl (C=O) groups excluding carboxylic acids is 1. The SMILES string of the molecule is CC(NC(=O)C(C)N1CCN(S(=O)(=O)c2cc(Cl)ccc2Cl)CC1)c1ccccc1. The highest BCUT2D eigenvalue weighted by atomic mass is 35.5. The molecule has 1 heterocycles. The lowest BCUT2D eigenvalue weighted by atomic mass is 10.1. The summed E-state index contributed by atoms with van der Waals surface area (Å²) in [5.74, 6) is -0.0828. The average Bonchev–Trinajstić information content (AvgIpc) is 2.75. The van der Waals surface area contributed by atoms with Gasteiger partial charge in [0.05, 0.1) is 17.1 Å². The van der Waals surface area contributed by atoms with Crippen LogP contribution in [-0.4, -0.2) is 55.8 Å². The summed E-state index contributed by atoms with van der Waals surface area (Å²) >= 11 is 12.0. The van der Waals surface area contributed by atoms with Crippen LogP contribution in [0.1, 0.15) is 25.5 Å². The molecule has 30 heavy (non-hydrogen) atoms. The van der Waals surface area contributed by atoms with Gasteiger partial charge in [-0.1, -0.05) is 53.5 Å². The lowest BCUT2D eigenvalue weighted by Crippen LogP contribution is -2.55. The van der Waals surface area contributed by atoms with Gasteiger partial charge in [-0.2, -0.15) is 4.31 Å². The van der Waals surface area contributed by atoms with E-state index >= 15 is 0 Å². The van der Waals surface area contributed by atoms with Gasteiger partial charge in [-0.3, -0.25) is 9.69 Å². The van der Waals surface area contributed by atoms with E-state index in [9.17, 15) is 13.2 Å². The van der Waals surface area contributed by atoms with E-state index in [1.165, 1.54) is 16.4 Å². The van der Waals surface area contributed by atoms with Crippen LogP contribution in [0.15, 0.2) is 53.4 Å². The first-order chi connectivity index (χ1) is 14.2. The molecule has 1 fully saturated rings. The first-order valence-electron chi connectivity index (χ1n) is 9.74. The lowest BCUT2D eigenvalue weighted by Gasteiger charge is -2.37. The van der Waals surface area contributed by atoms with Crippen LogP contribution in [0.25, 0.3) is 0 Å². The topological polar surface area (TPSA) is 69.7 Å². The Labute approximate surface area is 187 Å². The zero-order valence-electron chi connectivity index (χ0n) is 16.9. The first kappa shape index (κ1) is 23.0. The largest absolute Gasteiger partial charge is 0.348 e. The van der Waals surface area contributed by atoms with Gasteiger partial charge in [0.15, 0.2) is 0 Å². The first-order valence-corrected chi connectivity index (χ1v) is 11.9. The molecule has 2 aromatic carbocycles. The summed E-state index contributed by atoms with van der Waals surface area (Å²) < 4.78 is 27.3. The molecule has 1 aliphatic rings. The van der Waals surface area contributed by atoms with Crippen molar-refractivity contribution >= 4 is 39.1 Å². The van der Waals surface area contributed by atoms with Gasteiger partial charge in [0, 0.05) is 31.2 Å². The number of nitrogens with one attached hydrogen (secondary N) is 1. The number of carbonyl (C=O) groups is 1. The minimum atomic E-state index is -3.75. The van der Waals surface area contributed by atoms with Crippen molar-refractivity contribution in [1.29, 1.82) is 0 Å². The predicted molar refractivity (Wildman–Crippen MR) is 119 cm³/mol. The van der Waals surface area contributed by atoms with Crippen molar-refractivity contribution in [2.75, 3.05) is 26.2 Å². The molecule has 0 aliphatic carbocycles. The summed E-state index contributed by atoms with van der Waals surface area (Å²) in [6, 6.07) is 13.7. The summed E-state index contributed by atoms with van der Waals surface area (Å²) in [5.41, 5.74) is 1.03. The van der Waals surface area contributed by atoms with E-state index in [0.717, 1.165) is 5.56 Å². The van der Waals surface area contributed by atoms with E-state index in [0.29, 0.717) is 18.1 Å². The van der Waals surface area contributed by atoms with Gasteiger partial charge in [-0.25, -0.2) is 8.42 Å². The van der Waals surface area contributed by atoms with E-state index < -0.39 is 10.0 Å². The minimum absolute atomic E-state index is 0.00703. The van der Waals surface area contributed by atoms with Crippen molar-refractivity contribution in [1.82, 2.24) is 14.5 Å². The van der Waals surface area contributed by atoms with Crippen LogP contribution in [-0.2, 0) is 14.8 Å². The molecule has 2 aromatic rings. The molecule has 0 radical (unpaired) electrons. The Hall–Kier alpha value is -1.64. The summed E-state index contributed by atoms with van der Waals surface area (Å²) in [6.45, 7) is 5.23. The van der Waals surface area contributed by atoms with E-state index in [4.69, 9.17) is 23.2 Å². The molecular formula is C21H25Cl2N3O3S. The van der Waals surface area contributed by atoms with Gasteiger partial charge in [-0.05, 0) is 37.6 Å². The van der Waals surface area contributed by atoms with Gasteiger partial charge in [0.25, 0.3) is 0 Å². The van der Waals surface area contributed by atoms with Crippen molar-refractivity contribution in [3.8, 4) is 0 Å². The monoisotopic (exact) mass is 469 g/mol. The van der Waals surface area contributed by atoms with Crippen molar-refractivity contribution in [2.24, 2.45) is 0 Å². The minimum Gasteiger partial charge on any atom is -0.348 e. The highest BCUT2D eigenvalue weighted by Gasteiger charge is 2.33. The molecule has 0 aromatic heterocycles. The normalized spacial score (nSPS) is 18.0. The Morgan fingerprint density at radius 1 is 1.00 bits per heavy atom. The van der Waals surface area contributed by atoms with E-state index in [1.54, 1.807) is 6.07 Å². The van der Waals surface area contributed by atoms with Crippen LogP contribution in [0.5, 0.6) is 0 Å². The van der Waals surface area contributed by atoms with Gasteiger partial charge >= 0.3 is 0 Å². The number of halogens is 2. The number of hydrogen-bond acceptors (Lipinski definition) is 4. The van der Waals surface area contributed by atoms with E-state index in [2.05, 4.69) is 5.32 Å². The molecule has 1 amide bonds. The second-order valence-corrected chi connectivity index (χ2v) is 10.1. The molecule has 1 aliphatic heterocycles.